The van der Waals surface area contributed by atoms with Gasteiger partial charge in [0.1, 0.15) is 12.1 Å². The van der Waals surface area contributed by atoms with Crippen molar-refractivity contribution in [3.05, 3.63) is 69.2 Å². The second-order valence-electron chi connectivity index (χ2n) is 8.05. The van der Waals surface area contributed by atoms with Crippen molar-refractivity contribution in [2.45, 2.75) is 44.2 Å². The van der Waals surface area contributed by atoms with Gasteiger partial charge >= 0.3 is 6.03 Å². The molecule has 0 bridgehead atoms. The lowest BCUT2D eigenvalue weighted by atomic mass is 9.84. The number of hydrogen-bond donors (Lipinski definition) is 2. The molecule has 0 aromatic heterocycles. The summed E-state index contributed by atoms with van der Waals surface area (Å²) < 4.78 is 0. The molecule has 2 N–H and O–H groups in total. The Balaban J connectivity index is 1.52. The molecule has 6 nitrogen and oxygen atoms in total. The van der Waals surface area contributed by atoms with Crippen LogP contribution in [0.15, 0.2) is 42.5 Å². The van der Waals surface area contributed by atoms with Gasteiger partial charge in [0.2, 0.25) is 5.91 Å². The Morgan fingerprint density at radius 1 is 1.19 bits per heavy atom. The first kappa shape index (κ1) is 21.7. The van der Waals surface area contributed by atoms with E-state index in [1.807, 2.05) is 24.3 Å². The standard InChI is InChI=1S/C23H23Cl2N3O3/c1-14(17-10-9-16(24)12-19(17)25)26-20(29)13-28-21(30)23(27-22(28)31)11-5-4-7-15-6-2-3-8-18(15)23/h2-3,6,8-10,12,14H,4-5,7,11,13H2,1H3,(H,26,29)(H,27,31). The summed E-state index contributed by atoms with van der Waals surface area (Å²) in [5.41, 5.74) is 1.49. The van der Waals surface area contributed by atoms with Crippen LogP contribution in [0.2, 0.25) is 10.0 Å². The molecule has 2 atom stereocenters. The van der Waals surface area contributed by atoms with Gasteiger partial charge in [0.15, 0.2) is 0 Å². The first-order chi connectivity index (χ1) is 14.8. The Morgan fingerprint density at radius 3 is 2.74 bits per heavy atom. The van der Waals surface area contributed by atoms with Crippen LogP contribution >= 0.6 is 23.2 Å². The van der Waals surface area contributed by atoms with Gasteiger partial charge in [0.25, 0.3) is 5.91 Å². The number of rotatable bonds is 4. The zero-order valence-electron chi connectivity index (χ0n) is 17.1. The summed E-state index contributed by atoms with van der Waals surface area (Å²) in [4.78, 5) is 39.8. The zero-order chi connectivity index (χ0) is 22.2. The van der Waals surface area contributed by atoms with Crippen LogP contribution in [0.5, 0.6) is 0 Å². The summed E-state index contributed by atoms with van der Waals surface area (Å²) >= 11 is 12.2. The number of nitrogens with zero attached hydrogens (tertiary/aromatic N) is 1. The molecular weight excluding hydrogens is 437 g/mol. The molecule has 2 aliphatic rings. The molecule has 8 heteroatoms. The van der Waals surface area contributed by atoms with E-state index in [1.54, 1.807) is 25.1 Å². The van der Waals surface area contributed by atoms with Crippen LogP contribution in [0.25, 0.3) is 0 Å². The Labute approximate surface area is 190 Å². The van der Waals surface area contributed by atoms with Crippen LogP contribution in [-0.4, -0.2) is 29.3 Å². The molecule has 0 saturated carbocycles. The number of aryl methyl sites for hydroxylation is 1. The quantitative estimate of drug-likeness (QED) is 0.667. The van der Waals surface area contributed by atoms with Crippen molar-refractivity contribution in [3.63, 3.8) is 0 Å². The van der Waals surface area contributed by atoms with E-state index in [-0.39, 0.29) is 12.5 Å². The third-order valence-corrected chi connectivity index (χ3v) is 6.57. The third-order valence-electron chi connectivity index (χ3n) is 6.01. The molecule has 2 aromatic carbocycles. The Hall–Kier alpha value is -2.57. The van der Waals surface area contributed by atoms with Crippen LogP contribution in [-0.2, 0) is 21.5 Å². The maximum atomic E-state index is 13.4. The summed E-state index contributed by atoms with van der Waals surface area (Å²) in [7, 11) is 0. The number of halogens is 2. The number of carbonyl (C=O) groups excluding carboxylic acids is 3. The van der Waals surface area contributed by atoms with Gasteiger partial charge in [-0.15, -0.1) is 0 Å². The highest BCUT2D eigenvalue weighted by atomic mass is 35.5. The minimum absolute atomic E-state index is 0.357. The molecule has 4 amide bonds. The monoisotopic (exact) mass is 459 g/mol. The van der Waals surface area contributed by atoms with Crippen molar-refractivity contribution in [2.24, 2.45) is 0 Å². The second kappa shape index (κ2) is 8.52. The molecule has 1 saturated heterocycles. The van der Waals surface area contributed by atoms with Gasteiger partial charge in [-0.2, -0.15) is 0 Å². The summed E-state index contributed by atoms with van der Waals surface area (Å²) in [6, 6.07) is 11.8. The number of benzene rings is 2. The van der Waals surface area contributed by atoms with Crippen molar-refractivity contribution < 1.29 is 14.4 Å². The fourth-order valence-corrected chi connectivity index (χ4v) is 5.05. The fourth-order valence-electron chi connectivity index (χ4n) is 4.48. The molecular formula is C23H23Cl2N3O3. The van der Waals surface area contributed by atoms with Crippen LogP contribution in [0.4, 0.5) is 4.79 Å². The lowest BCUT2D eigenvalue weighted by Gasteiger charge is -2.27. The molecule has 1 aliphatic carbocycles. The SMILES string of the molecule is CC(NC(=O)CN1C(=O)NC2(CCCCc3ccccc32)C1=O)c1ccc(Cl)cc1Cl. The van der Waals surface area contributed by atoms with E-state index in [0.717, 1.165) is 35.3 Å². The molecule has 2 aromatic rings. The van der Waals surface area contributed by atoms with Gasteiger partial charge in [0.05, 0.1) is 6.04 Å². The van der Waals surface area contributed by atoms with E-state index in [4.69, 9.17) is 23.2 Å². The molecule has 162 valence electrons. The predicted molar refractivity (Wildman–Crippen MR) is 119 cm³/mol. The van der Waals surface area contributed by atoms with E-state index >= 15 is 0 Å². The van der Waals surface area contributed by atoms with Gasteiger partial charge in [0, 0.05) is 10.0 Å². The number of amides is 4. The van der Waals surface area contributed by atoms with Gasteiger partial charge in [-0.05, 0) is 61.4 Å². The normalized spacial score (nSPS) is 21.5. The number of carbonyl (C=O) groups is 3. The molecule has 1 heterocycles. The average Bonchev–Trinajstić information content (AvgIpc) is 2.87. The van der Waals surface area contributed by atoms with E-state index in [2.05, 4.69) is 10.6 Å². The highest BCUT2D eigenvalue weighted by Crippen LogP contribution is 2.39. The molecule has 1 spiro atoms. The highest BCUT2D eigenvalue weighted by molar-refractivity contribution is 6.35. The first-order valence-electron chi connectivity index (χ1n) is 10.3. The molecule has 2 unspecified atom stereocenters. The number of urea groups is 1. The zero-order valence-corrected chi connectivity index (χ0v) is 18.6. The first-order valence-corrected chi connectivity index (χ1v) is 11.0. The smallest absolute Gasteiger partial charge is 0.325 e. The molecule has 4 rings (SSSR count). The van der Waals surface area contributed by atoms with E-state index in [1.165, 1.54) is 0 Å². The highest BCUT2D eigenvalue weighted by Gasteiger charge is 2.53. The van der Waals surface area contributed by atoms with Gasteiger partial charge < -0.3 is 10.6 Å². The van der Waals surface area contributed by atoms with Crippen molar-refractivity contribution in [1.29, 1.82) is 0 Å². The maximum absolute atomic E-state index is 13.4. The molecule has 31 heavy (non-hydrogen) atoms. The number of fused-ring (bicyclic) bond motifs is 2. The predicted octanol–water partition coefficient (Wildman–Crippen LogP) is 4.34. The Kier molecular flexibility index (Phi) is 5.95. The third kappa shape index (κ3) is 4.02. The minimum Gasteiger partial charge on any atom is -0.348 e. The molecule has 1 aliphatic heterocycles. The Bertz CT molecular complexity index is 1060. The molecule has 0 radical (unpaired) electrons. The summed E-state index contributed by atoms with van der Waals surface area (Å²) in [5, 5.41) is 6.63. The van der Waals surface area contributed by atoms with Crippen LogP contribution in [0.1, 0.15) is 48.9 Å². The van der Waals surface area contributed by atoms with E-state index in [0.29, 0.717) is 22.0 Å². The van der Waals surface area contributed by atoms with E-state index in [9.17, 15) is 14.4 Å². The van der Waals surface area contributed by atoms with Gasteiger partial charge in [-0.3, -0.25) is 14.5 Å². The molecule has 1 fully saturated rings. The number of nitrogens with one attached hydrogen (secondary N) is 2. The lowest BCUT2D eigenvalue weighted by Crippen LogP contribution is -2.45. The summed E-state index contributed by atoms with van der Waals surface area (Å²) in [5.74, 6) is -0.819. The number of imide groups is 1. The second-order valence-corrected chi connectivity index (χ2v) is 8.89. The van der Waals surface area contributed by atoms with Crippen LogP contribution in [0.3, 0.4) is 0 Å². The fraction of sp³-hybridized carbons (Fsp3) is 0.348. The topological polar surface area (TPSA) is 78.5 Å². The maximum Gasteiger partial charge on any atom is 0.325 e. The summed E-state index contributed by atoms with van der Waals surface area (Å²) in [6.07, 6.45) is 3.14. The number of hydrogen-bond acceptors (Lipinski definition) is 3. The van der Waals surface area contributed by atoms with Gasteiger partial charge in [-0.1, -0.05) is 53.5 Å². The van der Waals surface area contributed by atoms with Crippen molar-refractivity contribution in [2.75, 3.05) is 6.54 Å². The average molecular weight is 460 g/mol. The van der Waals surface area contributed by atoms with Crippen molar-refractivity contribution in [1.82, 2.24) is 15.5 Å². The van der Waals surface area contributed by atoms with E-state index < -0.39 is 23.5 Å². The minimum atomic E-state index is -1.10. The van der Waals surface area contributed by atoms with Crippen LogP contribution in [0, 0.1) is 0 Å². The Morgan fingerprint density at radius 2 is 1.97 bits per heavy atom. The van der Waals surface area contributed by atoms with Gasteiger partial charge in [-0.25, -0.2) is 4.79 Å². The largest absolute Gasteiger partial charge is 0.348 e. The van der Waals surface area contributed by atoms with Crippen molar-refractivity contribution >= 4 is 41.0 Å². The lowest BCUT2D eigenvalue weighted by molar-refractivity contribution is -0.135. The summed E-state index contributed by atoms with van der Waals surface area (Å²) in [6.45, 7) is 1.42. The van der Waals surface area contributed by atoms with Crippen LogP contribution < -0.4 is 10.6 Å². The van der Waals surface area contributed by atoms with Crippen molar-refractivity contribution in [3.8, 4) is 0 Å².